The minimum atomic E-state index is 0. The van der Waals surface area contributed by atoms with Gasteiger partial charge in [0.05, 0.1) is 5.69 Å². The molecule has 6 heteroatoms. The standard InChI is InChI=1S/C42H40N4O.Pt/c1-8-12-31-19-20-43-40(21-31)45-38-16-10-9-15-36(38)37-18-17-34(25-39(37)45)47-35-23-32(26(2)3)22-33(24-35)46-30(7)42(29(6)44-46)41-27(4)13-11-14-28(41)5;/h9-11,13-23,26H,8,12H2,1-7H3;/q-2;+2. The minimum Gasteiger partial charge on any atom is -0.509 e. The molecule has 0 fully saturated rings. The van der Waals surface area contributed by atoms with Crippen LogP contribution in [0.4, 0.5) is 0 Å². The first-order valence-corrected chi connectivity index (χ1v) is 16.5. The number of fused-ring (bicyclic) bond motifs is 3. The molecule has 3 aromatic heterocycles. The first-order chi connectivity index (χ1) is 22.7. The summed E-state index contributed by atoms with van der Waals surface area (Å²) in [5, 5.41) is 7.30. The third-order valence-electron chi connectivity index (χ3n) is 9.12. The van der Waals surface area contributed by atoms with Crippen LogP contribution in [0.3, 0.4) is 0 Å². The zero-order chi connectivity index (χ0) is 32.8. The Labute approximate surface area is 297 Å². The monoisotopic (exact) mass is 811 g/mol. The summed E-state index contributed by atoms with van der Waals surface area (Å²) in [5.41, 5.74) is 12.3. The summed E-state index contributed by atoms with van der Waals surface area (Å²) in [6, 6.07) is 34.7. The van der Waals surface area contributed by atoms with Gasteiger partial charge < -0.3 is 9.30 Å². The van der Waals surface area contributed by atoms with E-state index in [1.54, 1.807) is 0 Å². The number of ether oxygens (including phenoxy) is 1. The fourth-order valence-corrected chi connectivity index (χ4v) is 6.82. The molecule has 0 aliphatic heterocycles. The summed E-state index contributed by atoms with van der Waals surface area (Å²) in [6.07, 6.45) is 4.00. The van der Waals surface area contributed by atoms with E-state index in [0.29, 0.717) is 11.5 Å². The van der Waals surface area contributed by atoms with Gasteiger partial charge in [-0.05, 0) is 91.6 Å². The number of hydrogen-bond acceptors (Lipinski definition) is 3. The molecule has 3 heterocycles. The van der Waals surface area contributed by atoms with Crippen LogP contribution in [-0.4, -0.2) is 19.3 Å². The van der Waals surface area contributed by atoms with Crippen LogP contribution in [0, 0.1) is 39.8 Å². The van der Waals surface area contributed by atoms with Crippen LogP contribution < -0.4 is 4.74 Å². The molecule has 244 valence electrons. The molecule has 0 atom stereocenters. The molecule has 0 spiro atoms. The number of nitrogens with zero attached hydrogens (tertiary/aromatic N) is 4. The Morgan fingerprint density at radius 1 is 0.792 bits per heavy atom. The van der Waals surface area contributed by atoms with Crippen LogP contribution in [0.2, 0.25) is 0 Å². The van der Waals surface area contributed by atoms with E-state index in [9.17, 15) is 0 Å². The largest absolute Gasteiger partial charge is 2.00 e. The SMILES string of the molecule is CCCc1ccnc(-n2c3[c-]c(Oc4[c-]c(-n5nc(C)c(-c6c(C)cccc6C)c5C)cc(C(C)C)c4)ccc3c3ccccc32)c1.[Pt+2]. The van der Waals surface area contributed by atoms with Crippen molar-refractivity contribution >= 4 is 21.8 Å². The van der Waals surface area contributed by atoms with Gasteiger partial charge in [-0.2, -0.15) is 11.2 Å². The first kappa shape index (κ1) is 33.4. The average Bonchev–Trinajstić information content (AvgIpc) is 3.54. The van der Waals surface area contributed by atoms with E-state index in [-0.39, 0.29) is 27.0 Å². The topological polar surface area (TPSA) is 44.9 Å². The van der Waals surface area contributed by atoms with E-state index < -0.39 is 0 Å². The van der Waals surface area contributed by atoms with Crippen molar-refractivity contribution in [3.8, 4) is 34.1 Å². The van der Waals surface area contributed by atoms with E-state index >= 15 is 0 Å². The maximum atomic E-state index is 6.60. The number of aryl methyl sites for hydroxylation is 4. The summed E-state index contributed by atoms with van der Waals surface area (Å²) < 4.78 is 10.8. The molecule has 0 saturated carbocycles. The van der Waals surface area contributed by atoms with Crippen molar-refractivity contribution in [2.24, 2.45) is 0 Å². The Balaban J connectivity index is 0.00000401. The Morgan fingerprint density at radius 2 is 1.56 bits per heavy atom. The fourth-order valence-electron chi connectivity index (χ4n) is 6.82. The number of pyridine rings is 1. The van der Waals surface area contributed by atoms with Gasteiger partial charge in [0.2, 0.25) is 0 Å². The predicted octanol–water partition coefficient (Wildman–Crippen LogP) is 10.7. The van der Waals surface area contributed by atoms with Crippen molar-refractivity contribution in [1.29, 1.82) is 0 Å². The number of benzene rings is 4. The van der Waals surface area contributed by atoms with Gasteiger partial charge >= 0.3 is 21.1 Å². The Kier molecular flexibility index (Phi) is 9.45. The van der Waals surface area contributed by atoms with E-state index in [0.717, 1.165) is 63.1 Å². The molecule has 0 bridgehead atoms. The molecule has 4 aromatic carbocycles. The first-order valence-electron chi connectivity index (χ1n) is 16.5. The molecule has 0 radical (unpaired) electrons. The van der Waals surface area contributed by atoms with Crippen LogP contribution in [0.5, 0.6) is 11.5 Å². The molecule has 0 N–H and O–H groups in total. The van der Waals surface area contributed by atoms with Crippen LogP contribution in [0.25, 0.3) is 44.4 Å². The Morgan fingerprint density at radius 3 is 2.31 bits per heavy atom. The van der Waals surface area contributed by atoms with Gasteiger partial charge in [0.1, 0.15) is 5.82 Å². The number of rotatable bonds is 8. The van der Waals surface area contributed by atoms with Gasteiger partial charge in [-0.1, -0.05) is 69.1 Å². The zero-order valence-electron chi connectivity index (χ0n) is 28.6. The van der Waals surface area contributed by atoms with Crippen molar-refractivity contribution in [3.05, 3.63) is 131 Å². The number of aromatic nitrogens is 4. The average molecular weight is 812 g/mol. The van der Waals surface area contributed by atoms with E-state index in [4.69, 9.17) is 14.8 Å². The molecule has 7 aromatic rings. The molecule has 0 amide bonds. The van der Waals surface area contributed by atoms with Gasteiger partial charge in [-0.25, -0.2) is 4.98 Å². The quantitative estimate of drug-likeness (QED) is 0.144. The summed E-state index contributed by atoms with van der Waals surface area (Å²) >= 11 is 0. The van der Waals surface area contributed by atoms with Crippen molar-refractivity contribution in [2.75, 3.05) is 0 Å². The summed E-state index contributed by atoms with van der Waals surface area (Å²) in [6.45, 7) is 15.2. The minimum absolute atomic E-state index is 0. The zero-order valence-corrected chi connectivity index (χ0v) is 30.9. The maximum Gasteiger partial charge on any atom is 2.00 e. The summed E-state index contributed by atoms with van der Waals surface area (Å²) in [4.78, 5) is 4.79. The van der Waals surface area contributed by atoms with Gasteiger partial charge in [-0.15, -0.1) is 41.3 Å². The van der Waals surface area contributed by atoms with Gasteiger partial charge in [0.15, 0.2) is 0 Å². The molecule has 0 unspecified atom stereocenters. The van der Waals surface area contributed by atoms with Crippen molar-refractivity contribution in [3.63, 3.8) is 0 Å². The predicted molar refractivity (Wildman–Crippen MR) is 192 cm³/mol. The van der Waals surface area contributed by atoms with Crippen molar-refractivity contribution in [2.45, 2.75) is 67.2 Å². The second-order valence-electron chi connectivity index (χ2n) is 12.9. The van der Waals surface area contributed by atoms with Gasteiger partial charge in [0, 0.05) is 34.5 Å². The van der Waals surface area contributed by atoms with Crippen LogP contribution in [0.15, 0.2) is 85.1 Å². The number of hydrogen-bond donors (Lipinski definition) is 0. The third-order valence-corrected chi connectivity index (χ3v) is 9.12. The van der Waals surface area contributed by atoms with Crippen LogP contribution in [-0.2, 0) is 27.5 Å². The van der Waals surface area contributed by atoms with E-state index in [1.165, 1.54) is 27.8 Å². The molecule has 7 rings (SSSR count). The molecule has 48 heavy (non-hydrogen) atoms. The normalized spacial score (nSPS) is 11.4. The summed E-state index contributed by atoms with van der Waals surface area (Å²) in [7, 11) is 0. The van der Waals surface area contributed by atoms with Crippen molar-refractivity contribution < 1.29 is 25.8 Å². The van der Waals surface area contributed by atoms with E-state index in [1.807, 2.05) is 16.9 Å². The molecule has 5 nitrogen and oxygen atoms in total. The maximum absolute atomic E-state index is 6.60. The number of para-hydroxylation sites is 1. The summed E-state index contributed by atoms with van der Waals surface area (Å²) in [5.74, 6) is 2.43. The third kappa shape index (κ3) is 6.01. The van der Waals surface area contributed by atoms with Gasteiger partial charge in [0.25, 0.3) is 0 Å². The molecule has 0 saturated heterocycles. The fraction of sp³-hybridized carbons (Fsp3) is 0.238. The van der Waals surface area contributed by atoms with Gasteiger partial charge in [-0.3, -0.25) is 4.68 Å². The van der Waals surface area contributed by atoms with Crippen molar-refractivity contribution in [1.82, 2.24) is 19.3 Å². The second kappa shape index (κ2) is 13.6. The second-order valence-corrected chi connectivity index (χ2v) is 12.9. The Bertz CT molecular complexity index is 2260. The smallest absolute Gasteiger partial charge is 0.509 e. The van der Waals surface area contributed by atoms with Crippen LogP contribution >= 0.6 is 0 Å². The molecule has 0 aliphatic rings. The Hall–Kier alpha value is -4.47. The molecular weight excluding hydrogens is 772 g/mol. The van der Waals surface area contributed by atoms with E-state index in [2.05, 4.69) is 138 Å². The molecule has 0 aliphatic carbocycles. The van der Waals surface area contributed by atoms with Crippen LogP contribution in [0.1, 0.15) is 66.8 Å². The molecular formula is C42H40N4OPt.